The molecule has 3 nitrogen and oxygen atoms in total. The highest BCUT2D eigenvalue weighted by molar-refractivity contribution is 8.00. The first-order chi connectivity index (χ1) is 10.8. The van der Waals surface area contributed by atoms with E-state index in [1.807, 2.05) is 58.8 Å². The minimum atomic E-state index is 0.0891. The van der Waals surface area contributed by atoms with Gasteiger partial charge in [-0.25, -0.2) is 0 Å². The minimum Gasteiger partial charge on any atom is -0.358 e. The number of hydrogen-bond donors (Lipinski definition) is 0. The summed E-state index contributed by atoms with van der Waals surface area (Å²) in [7, 11) is 0. The van der Waals surface area contributed by atoms with Gasteiger partial charge in [-0.1, -0.05) is 18.2 Å². The molecule has 1 aromatic rings. The van der Waals surface area contributed by atoms with Crippen molar-refractivity contribution in [1.29, 1.82) is 0 Å². The highest BCUT2D eigenvalue weighted by Gasteiger charge is 2.25. The Kier molecular flexibility index (Phi) is 6.10. The number of thioether (sulfide) groups is 2. The fourth-order valence-electron chi connectivity index (χ4n) is 2.87. The predicted molar refractivity (Wildman–Crippen MR) is 95.7 cm³/mol. The molecule has 1 amide bonds. The number of benzene rings is 1. The molecular weight excluding hydrogens is 314 g/mol. The Labute approximate surface area is 141 Å². The maximum Gasteiger partial charge on any atom is 0.253 e. The van der Waals surface area contributed by atoms with Crippen molar-refractivity contribution < 1.29 is 9.53 Å². The van der Waals surface area contributed by atoms with Crippen molar-refractivity contribution in [2.45, 2.75) is 36.4 Å². The lowest BCUT2D eigenvalue weighted by Gasteiger charge is -2.26. The molecule has 0 aliphatic carbocycles. The monoisotopic (exact) mass is 337 g/mol. The molecule has 22 heavy (non-hydrogen) atoms. The van der Waals surface area contributed by atoms with Gasteiger partial charge < -0.3 is 9.64 Å². The van der Waals surface area contributed by atoms with Crippen LogP contribution in [0.2, 0.25) is 0 Å². The topological polar surface area (TPSA) is 29.5 Å². The Morgan fingerprint density at radius 1 is 1.14 bits per heavy atom. The molecule has 2 saturated heterocycles. The zero-order valence-corrected chi connectivity index (χ0v) is 14.4. The first-order valence-corrected chi connectivity index (χ1v) is 10.1. The van der Waals surface area contributed by atoms with Crippen LogP contribution in [0.4, 0.5) is 5.69 Å². The largest absolute Gasteiger partial charge is 0.358 e. The van der Waals surface area contributed by atoms with Crippen LogP contribution in [0.3, 0.4) is 0 Å². The van der Waals surface area contributed by atoms with Gasteiger partial charge in [0.15, 0.2) is 0 Å². The molecule has 2 unspecified atom stereocenters. The molecule has 0 bridgehead atoms. The van der Waals surface area contributed by atoms with Gasteiger partial charge in [0.1, 0.15) is 12.0 Å². The Bertz CT molecular complexity index is 471. The summed E-state index contributed by atoms with van der Waals surface area (Å²) in [6.07, 6.45) is 4.74. The van der Waals surface area contributed by atoms with Crippen LogP contribution in [0.15, 0.2) is 30.3 Å². The third-order valence-electron chi connectivity index (χ3n) is 4.06. The van der Waals surface area contributed by atoms with Crippen molar-refractivity contribution in [1.82, 2.24) is 0 Å². The molecule has 5 heteroatoms. The molecule has 2 atom stereocenters. The molecular formula is C17H23NO2S2. The molecule has 2 aliphatic heterocycles. The van der Waals surface area contributed by atoms with E-state index >= 15 is 0 Å². The number of rotatable bonds is 6. The Morgan fingerprint density at radius 2 is 1.91 bits per heavy atom. The quantitative estimate of drug-likeness (QED) is 0.790. The maximum atomic E-state index is 12.7. The molecule has 0 N–H and O–H groups in total. The summed E-state index contributed by atoms with van der Waals surface area (Å²) in [4.78, 5) is 14.6. The molecule has 0 spiro atoms. The Balaban J connectivity index is 1.62. The van der Waals surface area contributed by atoms with Crippen LogP contribution < -0.4 is 4.90 Å². The van der Waals surface area contributed by atoms with Crippen LogP contribution in [0.1, 0.15) is 25.7 Å². The number of amides is 1. The van der Waals surface area contributed by atoms with E-state index < -0.39 is 0 Å². The number of ether oxygens (including phenoxy) is 1. The first kappa shape index (κ1) is 16.2. The number of para-hydroxylation sites is 1. The Hall–Kier alpha value is -0.650. The van der Waals surface area contributed by atoms with E-state index in [-0.39, 0.29) is 18.0 Å². The first-order valence-electron chi connectivity index (χ1n) is 8.03. The van der Waals surface area contributed by atoms with E-state index in [2.05, 4.69) is 0 Å². The van der Waals surface area contributed by atoms with Crippen LogP contribution in [-0.2, 0) is 9.53 Å². The summed E-state index contributed by atoms with van der Waals surface area (Å²) in [5.74, 6) is 2.46. The summed E-state index contributed by atoms with van der Waals surface area (Å²) in [5.41, 5.74) is 1.20. The second-order valence-electron chi connectivity index (χ2n) is 5.73. The second kappa shape index (κ2) is 8.27. The highest BCUT2D eigenvalue weighted by atomic mass is 32.2. The Morgan fingerprint density at radius 3 is 2.59 bits per heavy atom. The highest BCUT2D eigenvalue weighted by Crippen LogP contribution is 2.29. The zero-order chi connectivity index (χ0) is 15.2. The third-order valence-corrected chi connectivity index (χ3v) is 6.71. The summed E-state index contributed by atoms with van der Waals surface area (Å²) in [5, 5.41) is 0.560. The van der Waals surface area contributed by atoms with E-state index in [1.54, 1.807) is 0 Å². The number of nitrogens with zero attached hydrogens (tertiary/aromatic N) is 1. The fraction of sp³-hybridized carbons (Fsp3) is 0.588. The van der Waals surface area contributed by atoms with Gasteiger partial charge in [-0.3, -0.25) is 4.79 Å². The molecule has 120 valence electrons. The van der Waals surface area contributed by atoms with Crippen LogP contribution in [0.25, 0.3) is 0 Å². The van der Waals surface area contributed by atoms with Crippen molar-refractivity contribution in [3.05, 3.63) is 30.3 Å². The number of hydrogen-bond acceptors (Lipinski definition) is 4. The standard InChI is InChI=1S/C17H23NO2S2/c19-16(13-20-17-9-5-11-22-17)18(12-15-8-4-10-21-15)14-6-2-1-3-7-14/h1-3,6-7,15,17H,4-5,8-13H2. The molecule has 2 fully saturated rings. The summed E-state index contributed by atoms with van der Waals surface area (Å²) in [6.45, 7) is 0.999. The van der Waals surface area contributed by atoms with Gasteiger partial charge in [0.25, 0.3) is 5.91 Å². The van der Waals surface area contributed by atoms with Gasteiger partial charge in [-0.2, -0.15) is 11.8 Å². The van der Waals surface area contributed by atoms with Gasteiger partial charge in [-0.15, -0.1) is 11.8 Å². The fourth-order valence-corrected chi connectivity index (χ4v) is 5.22. The smallest absolute Gasteiger partial charge is 0.253 e. The van der Waals surface area contributed by atoms with Gasteiger partial charge in [0.2, 0.25) is 0 Å². The minimum absolute atomic E-state index is 0.0891. The van der Waals surface area contributed by atoms with Gasteiger partial charge in [0, 0.05) is 17.5 Å². The average Bonchev–Trinajstić information content (AvgIpc) is 3.24. The zero-order valence-electron chi connectivity index (χ0n) is 12.8. The third kappa shape index (κ3) is 4.43. The molecule has 0 saturated carbocycles. The normalized spacial score (nSPS) is 24.5. The molecule has 0 radical (unpaired) electrons. The molecule has 3 rings (SSSR count). The van der Waals surface area contributed by atoms with E-state index in [0.717, 1.165) is 24.4 Å². The van der Waals surface area contributed by atoms with Crippen LogP contribution in [0, 0.1) is 0 Å². The van der Waals surface area contributed by atoms with Crippen LogP contribution in [0.5, 0.6) is 0 Å². The van der Waals surface area contributed by atoms with Crippen molar-refractivity contribution >= 4 is 35.1 Å². The van der Waals surface area contributed by atoms with Crippen molar-refractivity contribution in [2.24, 2.45) is 0 Å². The second-order valence-corrected chi connectivity index (χ2v) is 8.40. The summed E-state index contributed by atoms with van der Waals surface area (Å²) < 4.78 is 5.80. The van der Waals surface area contributed by atoms with Crippen LogP contribution >= 0.6 is 23.5 Å². The lowest BCUT2D eigenvalue weighted by atomic mass is 10.2. The maximum absolute atomic E-state index is 12.7. The van der Waals surface area contributed by atoms with E-state index in [9.17, 15) is 4.79 Å². The van der Waals surface area contributed by atoms with Crippen LogP contribution in [-0.4, -0.2) is 41.3 Å². The van der Waals surface area contributed by atoms with Gasteiger partial charge >= 0.3 is 0 Å². The predicted octanol–water partition coefficient (Wildman–Crippen LogP) is 3.78. The molecule has 2 heterocycles. The lowest BCUT2D eigenvalue weighted by Crippen LogP contribution is -2.39. The number of carbonyl (C=O) groups is 1. The van der Waals surface area contributed by atoms with E-state index in [1.165, 1.54) is 25.0 Å². The summed E-state index contributed by atoms with van der Waals surface area (Å²) in [6, 6.07) is 10.0. The van der Waals surface area contributed by atoms with Gasteiger partial charge in [-0.05, 0) is 49.3 Å². The van der Waals surface area contributed by atoms with Crippen molar-refractivity contribution in [3.63, 3.8) is 0 Å². The summed E-state index contributed by atoms with van der Waals surface area (Å²) >= 11 is 3.82. The molecule has 0 aromatic heterocycles. The average molecular weight is 338 g/mol. The number of anilines is 1. The lowest BCUT2D eigenvalue weighted by molar-refractivity contribution is -0.123. The van der Waals surface area contributed by atoms with Crippen molar-refractivity contribution in [3.8, 4) is 0 Å². The molecule has 1 aromatic carbocycles. The SMILES string of the molecule is O=C(COC1CCCS1)N(CC1CCCS1)c1ccccc1. The van der Waals surface area contributed by atoms with E-state index in [4.69, 9.17) is 4.74 Å². The number of carbonyl (C=O) groups excluding carboxylic acids is 1. The van der Waals surface area contributed by atoms with E-state index in [0.29, 0.717) is 5.25 Å². The van der Waals surface area contributed by atoms with Crippen molar-refractivity contribution in [2.75, 3.05) is 29.6 Å². The van der Waals surface area contributed by atoms with Gasteiger partial charge in [0.05, 0.1) is 0 Å². The molecule has 2 aliphatic rings.